The van der Waals surface area contributed by atoms with Gasteiger partial charge in [0.05, 0.1) is 5.69 Å². The third-order valence-electron chi connectivity index (χ3n) is 1.58. The number of aromatic hydroxyl groups is 1. The predicted octanol–water partition coefficient (Wildman–Crippen LogP) is 1.72. The topological polar surface area (TPSA) is 51.8 Å². The Kier molecular flexibility index (Phi) is 1.22. The van der Waals surface area contributed by atoms with E-state index in [4.69, 9.17) is 5.11 Å². The van der Waals surface area contributed by atoms with Crippen LogP contribution in [0, 0.1) is 0 Å². The van der Waals surface area contributed by atoms with E-state index in [0.29, 0.717) is 0 Å². The molecule has 3 heteroatoms. The normalized spacial score (nSPS) is 10.2. The summed E-state index contributed by atoms with van der Waals surface area (Å²) in [5, 5.41) is 14.8. The van der Waals surface area contributed by atoms with Gasteiger partial charge in [0.25, 0.3) is 0 Å². The molecular formula is C8H8N2O. The van der Waals surface area contributed by atoms with E-state index in [1.165, 1.54) is 0 Å². The molecule has 1 aromatic heterocycles. The summed E-state index contributed by atoms with van der Waals surface area (Å²) >= 11 is 0. The van der Waals surface area contributed by atoms with Crippen molar-refractivity contribution in [1.82, 2.24) is 10.2 Å². The van der Waals surface area contributed by atoms with Gasteiger partial charge >= 0.3 is 0 Å². The molecule has 0 amide bonds. The van der Waals surface area contributed by atoms with Crippen molar-refractivity contribution in [1.29, 1.82) is 0 Å². The summed E-state index contributed by atoms with van der Waals surface area (Å²) in [5.41, 5.74) is 1.99. The van der Waals surface area contributed by atoms with Gasteiger partial charge in [-0.25, -0.2) is 0 Å². The van der Waals surface area contributed by atoms with E-state index in [1.807, 2.05) is 18.3 Å². The summed E-state index contributed by atoms with van der Waals surface area (Å²) in [6.45, 7) is 0. The molecule has 0 aliphatic heterocycles. The molecule has 3 N–H and O–H groups in total. The van der Waals surface area contributed by atoms with Crippen LogP contribution < -0.4 is 0 Å². The summed E-state index contributed by atoms with van der Waals surface area (Å²) < 4.78 is 0. The highest BCUT2D eigenvalue weighted by Gasteiger charge is 1.98. The Morgan fingerprint density at radius 3 is 2.64 bits per heavy atom. The summed E-state index contributed by atoms with van der Waals surface area (Å²) in [5.74, 6) is 0.289. The molecule has 0 unspecified atom stereocenters. The molecule has 11 heavy (non-hydrogen) atoms. The number of aromatic nitrogens is 2. The number of aromatic amines is 2. The highest BCUT2D eigenvalue weighted by atomic mass is 16.3. The second-order valence-electron chi connectivity index (χ2n) is 2.38. The molecule has 0 saturated heterocycles. The predicted molar refractivity (Wildman–Crippen MR) is 42.2 cm³/mol. The van der Waals surface area contributed by atoms with Crippen LogP contribution in [-0.4, -0.2) is 15.3 Å². The van der Waals surface area contributed by atoms with Crippen LogP contribution in [0.5, 0.6) is 5.75 Å². The zero-order chi connectivity index (χ0) is 7.68. The lowest BCUT2D eigenvalue weighted by Gasteiger charge is -2.04. The maximum atomic E-state index is 9.11. The largest absolute Gasteiger partial charge is 0.508 e. The van der Waals surface area contributed by atoms with Crippen LogP contribution in [0.25, 0.3) is 11.3 Å². The fourth-order valence-corrected chi connectivity index (χ4v) is 0.973. The molecule has 0 aliphatic carbocycles. The van der Waals surface area contributed by atoms with Crippen LogP contribution in [0.3, 0.4) is 0 Å². The number of benzene rings is 1. The van der Waals surface area contributed by atoms with Crippen molar-refractivity contribution in [2.24, 2.45) is 0 Å². The first-order chi connectivity index (χ1) is 5.36. The van der Waals surface area contributed by atoms with Gasteiger partial charge in [0.1, 0.15) is 5.75 Å². The van der Waals surface area contributed by atoms with Crippen molar-refractivity contribution in [2.45, 2.75) is 0 Å². The van der Waals surface area contributed by atoms with E-state index >= 15 is 0 Å². The number of H-pyrrole nitrogens is 2. The van der Waals surface area contributed by atoms with Gasteiger partial charge in [0, 0.05) is 11.8 Å². The number of nitrogens with one attached hydrogen (secondary N) is 2. The van der Waals surface area contributed by atoms with E-state index in [0.717, 1.165) is 11.3 Å². The van der Waals surface area contributed by atoms with E-state index in [1.54, 1.807) is 12.1 Å². The molecule has 0 spiro atoms. The summed E-state index contributed by atoms with van der Waals surface area (Å²) in [6, 6.07) is 7.10. The SMILES string of the molecule is Oc1cccc(-c2c[nH][nH]2)c1. The van der Waals surface area contributed by atoms with Crippen LogP contribution in [0.15, 0.2) is 30.5 Å². The number of rotatable bonds is 1. The Hall–Kier alpha value is -1.64. The Morgan fingerprint density at radius 1 is 1.27 bits per heavy atom. The minimum atomic E-state index is 0.289. The summed E-state index contributed by atoms with van der Waals surface area (Å²) in [6.07, 6.45) is 1.84. The third-order valence-corrected chi connectivity index (χ3v) is 1.58. The van der Waals surface area contributed by atoms with Gasteiger partial charge < -0.3 is 10.2 Å². The zero-order valence-corrected chi connectivity index (χ0v) is 5.83. The molecule has 0 radical (unpaired) electrons. The monoisotopic (exact) mass is 148 g/mol. The Labute approximate surface area is 63.7 Å². The first kappa shape index (κ1) is 6.09. The van der Waals surface area contributed by atoms with E-state index in [9.17, 15) is 0 Å². The van der Waals surface area contributed by atoms with Crippen molar-refractivity contribution in [3.8, 4) is 17.0 Å². The van der Waals surface area contributed by atoms with Gasteiger partial charge in [-0.05, 0) is 12.1 Å². The molecule has 0 saturated carbocycles. The minimum Gasteiger partial charge on any atom is -0.508 e. The fraction of sp³-hybridized carbons (Fsp3) is 0. The molecule has 0 aliphatic rings. The van der Waals surface area contributed by atoms with Crippen molar-refractivity contribution in [3.63, 3.8) is 0 Å². The fourth-order valence-electron chi connectivity index (χ4n) is 0.973. The lowest BCUT2D eigenvalue weighted by molar-refractivity contribution is 0.475. The van der Waals surface area contributed by atoms with Crippen LogP contribution in [0.1, 0.15) is 0 Å². The van der Waals surface area contributed by atoms with Crippen LogP contribution >= 0.6 is 0 Å². The maximum Gasteiger partial charge on any atom is 0.116 e. The van der Waals surface area contributed by atoms with Gasteiger partial charge in [0.2, 0.25) is 0 Å². The van der Waals surface area contributed by atoms with E-state index < -0.39 is 0 Å². The highest BCUT2D eigenvalue weighted by molar-refractivity contribution is 5.60. The molecule has 2 aromatic rings. The second kappa shape index (κ2) is 2.20. The van der Waals surface area contributed by atoms with Gasteiger partial charge in [0.15, 0.2) is 0 Å². The standard InChI is InChI=1S/C8H8N2O/c11-7-3-1-2-6(4-7)8-5-9-10-8/h1-5,9-11H. The van der Waals surface area contributed by atoms with Crippen LogP contribution in [-0.2, 0) is 0 Å². The van der Waals surface area contributed by atoms with Gasteiger partial charge in [-0.3, -0.25) is 5.10 Å². The molecule has 1 heterocycles. The molecule has 56 valence electrons. The Bertz CT molecular complexity index is 339. The molecule has 2 rings (SSSR count). The van der Waals surface area contributed by atoms with Crippen molar-refractivity contribution in [3.05, 3.63) is 30.5 Å². The first-order valence-corrected chi connectivity index (χ1v) is 3.37. The van der Waals surface area contributed by atoms with Crippen molar-refractivity contribution in [2.75, 3.05) is 0 Å². The Morgan fingerprint density at radius 2 is 2.09 bits per heavy atom. The summed E-state index contributed by atoms with van der Waals surface area (Å²) in [4.78, 5) is 0. The number of hydrogen-bond donors (Lipinski definition) is 3. The lowest BCUT2D eigenvalue weighted by Crippen LogP contribution is -1.90. The highest BCUT2D eigenvalue weighted by Crippen LogP contribution is 2.20. The average molecular weight is 148 g/mol. The molecule has 1 aromatic carbocycles. The molecule has 0 fully saturated rings. The minimum absolute atomic E-state index is 0.289. The third kappa shape index (κ3) is 1.00. The second-order valence-corrected chi connectivity index (χ2v) is 2.38. The van der Waals surface area contributed by atoms with E-state index in [-0.39, 0.29) is 5.75 Å². The van der Waals surface area contributed by atoms with Crippen molar-refractivity contribution >= 4 is 0 Å². The first-order valence-electron chi connectivity index (χ1n) is 3.37. The quantitative estimate of drug-likeness (QED) is 0.566. The van der Waals surface area contributed by atoms with Crippen molar-refractivity contribution < 1.29 is 5.11 Å². The van der Waals surface area contributed by atoms with Crippen LogP contribution in [0.4, 0.5) is 0 Å². The summed E-state index contributed by atoms with van der Waals surface area (Å²) in [7, 11) is 0. The number of phenolic OH excluding ortho intramolecular Hbond substituents is 1. The number of phenols is 1. The smallest absolute Gasteiger partial charge is 0.116 e. The van der Waals surface area contributed by atoms with Gasteiger partial charge in [-0.2, -0.15) is 0 Å². The maximum absolute atomic E-state index is 9.11. The molecular weight excluding hydrogens is 140 g/mol. The van der Waals surface area contributed by atoms with Gasteiger partial charge in [-0.15, -0.1) is 0 Å². The van der Waals surface area contributed by atoms with Crippen LogP contribution in [0.2, 0.25) is 0 Å². The lowest BCUT2D eigenvalue weighted by atomic mass is 10.1. The molecule has 3 nitrogen and oxygen atoms in total. The van der Waals surface area contributed by atoms with Gasteiger partial charge in [-0.1, -0.05) is 12.1 Å². The average Bonchev–Trinajstić information content (AvgIpc) is 1.83. The zero-order valence-electron chi connectivity index (χ0n) is 5.83. The number of hydrogen-bond acceptors (Lipinski definition) is 1. The van der Waals surface area contributed by atoms with E-state index in [2.05, 4.69) is 10.2 Å². The molecule has 0 atom stereocenters. The Balaban J connectivity index is 2.44. The molecule has 0 bridgehead atoms.